The first-order valence-electron chi connectivity index (χ1n) is 7.62. The Morgan fingerprint density at radius 2 is 1.83 bits per heavy atom. The molecule has 0 bridgehead atoms. The van der Waals surface area contributed by atoms with Gasteiger partial charge >= 0.3 is 0 Å². The lowest BCUT2D eigenvalue weighted by atomic mass is 10.1. The third-order valence-electron chi connectivity index (χ3n) is 3.60. The van der Waals surface area contributed by atoms with Crippen molar-refractivity contribution in [2.45, 2.75) is 13.8 Å². The smallest absolute Gasteiger partial charge is 0.262 e. The van der Waals surface area contributed by atoms with Gasteiger partial charge in [0, 0.05) is 22.8 Å². The maximum atomic E-state index is 12.1. The van der Waals surface area contributed by atoms with E-state index in [2.05, 4.69) is 10.3 Å². The van der Waals surface area contributed by atoms with E-state index in [0.29, 0.717) is 0 Å². The van der Waals surface area contributed by atoms with Crippen molar-refractivity contribution in [2.75, 3.05) is 11.9 Å². The van der Waals surface area contributed by atoms with E-state index in [9.17, 15) is 4.79 Å². The highest BCUT2D eigenvalue weighted by Crippen LogP contribution is 2.24. The number of aryl methyl sites for hydroxylation is 2. The van der Waals surface area contributed by atoms with Crippen molar-refractivity contribution in [3.63, 3.8) is 0 Å². The summed E-state index contributed by atoms with van der Waals surface area (Å²) < 4.78 is 5.66. The van der Waals surface area contributed by atoms with Crippen LogP contribution in [-0.2, 0) is 4.79 Å². The van der Waals surface area contributed by atoms with Gasteiger partial charge < -0.3 is 10.1 Å². The Hall–Kier alpha value is -2.66. The fourth-order valence-electron chi connectivity index (χ4n) is 2.42. The van der Waals surface area contributed by atoms with Crippen LogP contribution in [0.4, 0.5) is 5.69 Å². The predicted octanol–water partition coefficient (Wildman–Crippen LogP) is 4.44. The molecule has 0 saturated heterocycles. The normalized spacial score (nSPS) is 10.4. The third-order valence-corrected chi connectivity index (χ3v) is 4.43. The van der Waals surface area contributed by atoms with Gasteiger partial charge in [0.25, 0.3) is 5.91 Å². The first-order chi connectivity index (χ1) is 11.6. The highest BCUT2D eigenvalue weighted by molar-refractivity contribution is 7.13. The van der Waals surface area contributed by atoms with Crippen molar-refractivity contribution in [3.8, 4) is 16.3 Å². The van der Waals surface area contributed by atoms with Crippen molar-refractivity contribution in [3.05, 3.63) is 65.2 Å². The number of benzene rings is 2. The fraction of sp³-hybridized carbons (Fsp3) is 0.158. The maximum absolute atomic E-state index is 12.1. The molecule has 3 aromatic rings. The Kier molecular flexibility index (Phi) is 4.91. The van der Waals surface area contributed by atoms with Crippen LogP contribution in [0.5, 0.6) is 5.75 Å². The molecule has 1 N–H and O–H groups in total. The lowest BCUT2D eigenvalue weighted by Gasteiger charge is -2.12. The number of nitrogens with one attached hydrogen (secondary N) is 1. The molecule has 24 heavy (non-hydrogen) atoms. The Morgan fingerprint density at radius 3 is 2.46 bits per heavy atom. The lowest BCUT2D eigenvalue weighted by Crippen LogP contribution is -2.20. The number of hydrogen-bond donors (Lipinski definition) is 1. The fourth-order valence-corrected chi connectivity index (χ4v) is 3.07. The molecule has 1 heterocycles. The second kappa shape index (κ2) is 7.27. The minimum Gasteiger partial charge on any atom is -0.483 e. The molecule has 4 nitrogen and oxygen atoms in total. The molecule has 122 valence electrons. The van der Waals surface area contributed by atoms with Crippen LogP contribution in [0.1, 0.15) is 11.1 Å². The summed E-state index contributed by atoms with van der Waals surface area (Å²) in [6, 6.07) is 13.5. The van der Waals surface area contributed by atoms with Gasteiger partial charge in [-0.15, -0.1) is 11.3 Å². The van der Waals surface area contributed by atoms with Crippen LogP contribution in [0.15, 0.2) is 54.0 Å². The Labute approximate surface area is 145 Å². The van der Waals surface area contributed by atoms with E-state index < -0.39 is 0 Å². The number of aromatic nitrogens is 1. The molecule has 5 heteroatoms. The Balaban J connectivity index is 1.59. The molecule has 2 aromatic carbocycles. The molecule has 3 rings (SSSR count). The van der Waals surface area contributed by atoms with Crippen LogP contribution in [0, 0.1) is 13.8 Å². The van der Waals surface area contributed by atoms with Crippen molar-refractivity contribution in [1.29, 1.82) is 0 Å². The average molecular weight is 338 g/mol. The average Bonchev–Trinajstić information content (AvgIpc) is 3.09. The first kappa shape index (κ1) is 16.2. The van der Waals surface area contributed by atoms with Crippen molar-refractivity contribution in [2.24, 2.45) is 0 Å². The van der Waals surface area contributed by atoms with Gasteiger partial charge in [-0.05, 0) is 49.2 Å². The summed E-state index contributed by atoms with van der Waals surface area (Å²) in [7, 11) is 0. The number of ether oxygens (including phenoxy) is 1. The van der Waals surface area contributed by atoms with E-state index in [0.717, 1.165) is 33.1 Å². The molecular formula is C19H18N2O2S. The topological polar surface area (TPSA) is 51.2 Å². The highest BCUT2D eigenvalue weighted by atomic mass is 32.1. The number of carbonyl (C=O) groups is 1. The van der Waals surface area contributed by atoms with E-state index in [1.54, 1.807) is 17.5 Å². The van der Waals surface area contributed by atoms with Gasteiger partial charge in [-0.25, -0.2) is 4.98 Å². The minimum absolute atomic E-state index is 0.0140. The van der Waals surface area contributed by atoms with Crippen LogP contribution in [-0.4, -0.2) is 17.5 Å². The number of nitrogens with zero attached hydrogens (tertiary/aromatic N) is 1. The summed E-state index contributed by atoms with van der Waals surface area (Å²) in [5.74, 6) is 0.589. The largest absolute Gasteiger partial charge is 0.483 e. The second-order valence-electron chi connectivity index (χ2n) is 5.47. The standard InChI is InChI=1S/C19H18N2O2S/c1-13-4-3-5-14(2)18(13)23-12-17(22)21-16-8-6-15(7-9-16)19-20-10-11-24-19/h3-11H,12H2,1-2H3,(H,21,22). The molecule has 0 radical (unpaired) electrons. The van der Waals surface area contributed by atoms with Gasteiger partial charge in [0.05, 0.1) is 0 Å². The van der Waals surface area contributed by atoms with E-state index in [-0.39, 0.29) is 12.5 Å². The molecule has 0 atom stereocenters. The number of rotatable bonds is 5. The van der Waals surface area contributed by atoms with Gasteiger partial charge in [0.2, 0.25) is 0 Å². The van der Waals surface area contributed by atoms with Crippen molar-refractivity contribution in [1.82, 2.24) is 4.98 Å². The van der Waals surface area contributed by atoms with Crippen LogP contribution in [0.25, 0.3) is 10.6 Å². The molecule has 0 saturated carbocycles. The highest BCUT2D eigenvalue weighted by Gasteiger charge is 2.08. The summed E-state index contributed by atoms with van der Waals surface area (Å²) >= 11 is 1.59. The van der Waals surface area contributed by atoms with Gasteiger partial charge in [0.1, 0.15) is 10.8 Å². The summed E-state index contributed by atoms with van der Waals surface area (Å²) in [6.45, 7) is 3.93. The summed E-state index contributed by atoms with van der Waals surface area (Å²) in [6.07, 6.45) is 1.78. The van der Waals surface area contributed by atoms with Crippen LogP contribution < -0.4 is 10.1 Å². The second-order valence-corrected chi connectivity index (χ2v) is 6.37. The van der Waals surface area contributed by atoms with Gasteiger partial charge in [0.15, 0.2) is 6.61 Å². The molecule has 0 aliphatic rings. The Bertz CT molecular complexity index is 807. The third kappa shape index (κ3) is 3.81. The molecular weight excluding hydrogens is 320 g/mol. The van der Waals surface area contributed by atoms with Crippen molar-refractivity contribution >= 4 is 22.9 Å². The van der Waals surface area contributed by atoms with Crippen LogP contribution >= 0.6 is 11.3 Å². The lowest BCUT2D eigenvalue weighted by molar-refractivity contribution is -0.118. The molecule has 0 spiro atoms. The van der Waals surface area contributed by atoms with Crippen LogP contribution in [0.3, 0.4) is 0 Å². The van der Waals surface area contributed by atoms with Gasteiger partial charge in [-0.1, -0.05) is 18.2 Å². The SMILES string of the molecule is Cc1cccc(C)c1OCC(=O)Nc1ccc(-c2nccs2)cc1. The number of hydrogen-bond acceptors (Lipinski definition) is 4. The molecule has 0 fully saturated rings. The molecule has 0 unspecified atom stereocenters. The number of para-hydroxylation sites is 1. The van der Waals surface area contributed by atoms with Crippen LogP contribution in [0.2, 0.25) is 0 Å². The quantitative estimate of drug-likeness (QED) is 0.748. The zero-order valence-electron chi connectivity index (χ0n) is 13.6. The predicted molar refractivity (Wildman–Crippen MR) is 97.6 cm³/mol. The van der Waals surface area contributed by atoms with E-state index in [4.69, 9.17) is 4.74 Å². The monoisotopic (exact) mass is 338 g/mol. The Morgan fingerprint density at radius 1 is 1.12 bits per heavy atom. The molecule has 0 aliphatic heterocycles. The van der Waals surface area contributed by atoms with Gasteiger partial charge in [-0.2, -0.15) is 0 Å². The van der Waals surface area contributed by atoms with E-state index in [1.807, 2.05) is 61.7 Å². The molecule has 1 aromatic heterocycles. The summed E-state index contributed by atoms with van der Waals surface area (Å²) in [4.78, 5) is 16.3. The number of anilines is 1. The van der Waals surface area contributed by atoms with E-state index in [1.165, 1.54) is 0 Å². The summed E-state index contributed by atoms with van der Waals surface area (Å²) in [5.41, 5.74) is 3.83. The summed E-state index contributed by atoms with van der Waals surface area (Å²) in [5, 5.41) is 5.75. The molecule has 1 amide bonds. The van der Waals surface area contributed by atoms with Gasteiger partial charge in [-0.3, -0.25) is 4.79 Å². The van der Waals surface area contributed by atoms with E-state index >= 15 is 0 Å². The zero-order valence-corrected chi connectivity index (χ0v) is 14.4. The first-order valence-corrected chi connectivity index (χ1v) is 8.50. The zero-order chi connectivity index (χ0) is 16.9. The molecule has 0 aliphatic carbocycles. The maximum Gasteiger partial charge on any atom is 0.262 e. The minimum atomic E-state index is -0.181. The number of thiazole rings is 1. The van der Waals surface area contributed by atoms with Crippen molar-refractivity contribution < 1.29 is 9.53 Å². The number of amides is 1. The number of carbonyl (C=O) groups excluding carboxylic acids is 1.